The van der Waals surface area contributed by atoms with E-state index in [2.05, 4.69) is 16.0 Å². The minimum Gasteiger partial charge on any atom is -0.464 e. The Balaban J connectivity index is 1.76. The molecule has 0 spiro atoms. The van der Waals surface area contributed by atoms with Gasteiger partial charge in [-0.2, -0.15) is 0 Å². The fraction of sp³-hybridized carbons (Fsp3) is 0.806. The molecule has 1 saturated heterocycles. The number of hydrogen-bond acceptors (Lipinski definition) is 7. The number of carbonyl (C=O) groups excluding carboxylic acids is 6. The minimum absolute atomic E-state index is 0.00873. The third-order valence-corrected chi connectivity index (χ3v) is 8.76. The molecule has 5 amide bonds. The fourth-order valence-electron chi connectivity index (χ4n) is 5.40. The molecule has 0 radical (unpaired) electrons. The average Bonchev–Trinajstić information content (AvgIpc) is 3.85. The maximum absolute atomic E-state index is 14.1. The lowest BCUT2D eigenvalue weighted by molar-refractivity contribution is -0.147. The molecule has 3 fully saturated rings. The van der Waals surface area contributed by atoms with E-state index in [9.17, 15) is 28.8 Å². The van der Waals surface area contributed by atoms with E-state index in [0.717, 1.165) is 25.7 Å². The quantitative estimate of drug-likeness (QED) is 0.173. The Hall–Kier alpha value is -3.18. The number of hydrogen-bond donors (Lipinski definition) is 4. The zero-order chi connectivity index (χ0) is 32.2. The Morgan fingerprint density at radius 2 is 1.51 bits per heavy atom. The lowest BCUT2D eigenvalue weighted by Crippen LogP contribution is -2.61. The highest BCUT2D eigenvalue weighted by atomic mass is 16.5. The molecule has 43 heavy (non-hydrogen) atoms. The zero-order valence-electron chi connectivity index (χ0n) is 26.7. The Morgan fingerprint density at radius 3 is 2.00 bits per heavy atom. The second-order valence-electron chi connectivity index (χ2n) is 14.4. The van der Waals surface area contributed by atoms with Crippen molar-refractivity contribution in [3.05, 3.63) is 0 Å². The van der Waals surface area contributed by atoms with Crippen molar-refractivity contribution in [3.63, 3.8) is 0 Å². The summed E-state index contributed by atoms with van der Waals surface area (Å²) in [4.78, 5) is 79.3. The van der Waals surface area contributed by atoms with Gasteiger partial charge in [-0.15, -0.1) is 0 Å². The van der Waals surface area contributed by atoms with Crippen molar-refractivity contribution in [2.75, 3.05) is 13.2 Å². The van der Waals surface area contributed by atoms with Crippen LogP contribution < -0.4 is 21.7 Å². The van der Waals surface area contributed by atoms with Gasteiger partial charge in [-0.3, -0.25) is 19.2 Å². The van der Waals surface area contributed by atoms with Gasteiger partial charge in [0.2, 0.25) is 17.6 Å². The number of ketones is 1. The minimum atomic E-state index is -1.11. The first-order valence-electron chi connectivity index (χ1n) is 15.7. The standard InChI is InChI=1S/C31H51N5O7/c1-16(2)20-13-22(27(39)33-21(12-18-8-9-18)24(37)26(32)38)36(14-20)28(40)25(31(5,6)7)35-30(42)34-23(17(3)4)29(41)43-15-19-10-11-19/h16-23,25H,8-15H2,1-7H3,(H2,32,38)(H,33,39)(H2,34,35,42)/t20-,21?,22+,23+,25-/m1/s1. The van der Waals surface area contributed by atoms with E-state index < -0.39 is 65.1 Å². The van der Waals surface area contributed by atoms with Crippen LogP contribution in [0.1, 0.15) is 87.0 Å². The lowest BCUT2D eigenvalue weighted by Gasteiger charge is -2.36. The van der Waals surface area contributed by atoms with E-state index in [4.69, 9.17) is 10.5 Å². The molecule has 12 nitrogen and oxygen atoms in total. The van der Waals surface area contributed by atoms with Crippen LogP contribution in [0.25, 0.3) is 0 Å². The van der Waals surface area contributed by atoms with E-state index in [0.29, 0.717) is 31.9 Å². The van der Waals surface area contributed by atoms with Gasteiger partial charge in [0, 0.05) is 6.54 Å². The SMILES string of the molecule is CC(C)[C@@H]1C[C@@H](C(=O)NC(CC2CC2)C(=O)C(N)=O)N(C(=O)[C@@H](NC(=O)N[C@H](C(=O)OCC2CC2)C(C)C)C(C)(C)C)C1. The maximum Gasteiger partial charge on any atom is 0.328 e. The Bertz CT molecular complexity index is 1080. The summed E-state index contributed by atoms with van der Waals surface area (Å²) in [6, 6.07) is -4.54. The zero-order valence-corrected chi connectivity index (χ0v) is 26.7. The molecule has 1 aliphatic heterocycles. The van der Waals surface area contributed by atoms with Crippen molar-refractivity contribution in [3.8, 4) is 0 Å². The van der Waals surface area contributed by atoms with Gasteiger partial charge in [0.25, 0.3) is 5.91 Å². The Morgan fingerprint density at radius 1 is 0.907 bits per heavy atom. The van der Waals surface area contributed by atoms with E-state index in [1.165, 1.54) is 4.90 Å². The van der Waals surface area contributed by atoms with Crippen LogP contribution in [0.3, 0.4) is 0 Å². The molecule has 3 aliphatic rings. The number of nitrogens with two attached hydrogens (primary N) is 1. The number of urea groups is 1. The molecule has 0 bridgehead atoms. The molecule has 0 aromatic carbocycles. The number of carbonyl (C=O) groups is 6. The number of rotatable bonds is 14. The molecule has 2 aliphatic carbocycles. The molecule has 12 heteroatoms. The third kappa shape index (κ3) is 9.66. The molecule has 0 aromatic heterocycles. The van der Waals surface area contributed by atoms with E-state index in [1.54, 1.807) is 13.8 Å². The van der Waals surface area contributed by atoms with E-state index in [-0.39, 0.29) is 23.7 Å². The number of esters is 1. The van der Waals surface area contributed by atoms with Gasteiger partial charge in [0.15, 0.2) is 0 Å². The summed E-state index contributed by atoms with van der Waals surface area (Å²) in [5, 5.41) is 8.17. The van der Waals surface area contributed by atoms with Crippen LogP contribution in [-0.2, 0) is 28.7 Å². The van der Waals surface area contributed by atoms with Crippen molar-refractivity contribution in [1.82, 2.24) is 20.9 Å². The van der Waals surface area contributed by atoms with Crippen molar-refractivity contribution in [2.24, 2.45) is 40.7 Å². The first kappa shape index (κ1) is 34.3. The van der Waals surface area contributed by atoms with Crippen molar-refractivity contribution < 1.29 is 33.5 Å². The van der Waals surface area contributed by atoms with Crippen molar-refractivity contribution in [2.45, 2.75) is 111 Å². The third-order valence-electron chi connectivity index (χ3n) is 8.76. The number of likely N-dealkylation sites (tertiary alicyclic amines) is 1. The van der Waals surface area contributed by atoms with Gasteiger partial charge >= 0.3 is 12.0 Å². The number of amides is 5. The molecule has 5 N–H and O–H groups in total. The summed E-state index contributed by atoms with van der Waals surface area (Å²) < 4.78 is 5.40. The summed E-state index contributed by atoms with van der Waals surface area (Å²) in [5.41, 5.74) is 4.51. The highest BCUT2D eigenvalue weighted by Gasteiger charge is 2.46. The highest BCUT2D eigenvalue weighted by Crippen LogP contribution is 2.35. The number of Topliss-reactive ketones (excluding diaryl/α,β-unsaturated/α-hetero) is 1. The normalized spacial score (nSPS) is 22.5. The number of ether oxygens (including phenoxy) is 1. The second kappa shape index (κ2) is 14.1. The summed E-state index contributed by atoms with van der Waals surface area (Å²) in [7, 11) is 0. The molecule has 0 aromatic rings. The summed E-state index contributed by atoms with van der Waals surface area (Å²) >= 11 is 0. The Labute approximate surface area is 255 Å². The van der Waals surface area contributed by atoms with Crippen LogP contribution in [0.4, 0.5) is 4.79 Å². The molecule has 5 atom stereocenters. The van der Waals surface area contributed by atoms with Crippen LogP contribution in [-0.4, -0.2) is 77.7 Å². The molecule has 1 unspecified atom stereocenters. The molecule has 1 heterocycles. The number of nitrogens with one attached hydrogen (secondary N) is 3. The maximum atomic E-state index is 14.1. The Kier molecular flexibility index (Phi) is 11.2. The van der Waals surface area contributed by atoms with Crippen LogP contribution in [0.5, 0.6) is 0 Å². The van der Waals surface area contributed by atoms with Gasteiger partial charge in [0.05, 0.1) is 12.6 Å². The lowest BCUT2D eigenvalue weighted by atomic mass is 9.85. The summed E-state index contributed by atoms with van der Waals surface area (Å²) in [5.74, 6) is -2.88. The molecular formula is C31H51N5O7. The molecule has 3 rings (SSSR count). The van der Waals surface area contributed by atoms with E-state index >= 15 is 0 Å². The van der Waals surface area contributed by atoms with E-state index in [1.807, 2.05) is 34.6 Å². The second-order valence-corrected chi connectivity index (χ2v) is 14.4. The average molecular weight is 606 g/mol. The van der Waals surface area contributed by atoms with Gasteiger partial charge < -0.3 is 31.3 Å². The van der Waals surface area contributed by atoms with Crippen molar-refractivity contribution >= 4 is 35.5 Å². The van der Waals surface area contributed by atoms with Crippen LogP contribution in [0.15, 0.2) is 0 Å². The first-order valence-corrected chi connectivity index (χ1v) is 15.7. The molecule has 242 valence electrons. The predicted molar refractivity (Wildman–Crippen MR) is 159 cm³/mol. The highest BCUT2D eigenvalue weighted by molar-refractivity contribution is 6.37. The molecule has 2 saturated carbocycles. The van der Waals surface area contributed by atoms with Crippen molar-refractivity contribution in [1.29, 1.82) is 0 Å². The van der Waals surface area contributed by atoms with Gasteiger partial charge in [-0.25, -0.2) is 9.59 Å². The van der Waals surface area contributed by atoms with Crippen LogP contribution in [0.2, 0.25) is 0 Å². The smallest absolute Gasteiger partial charge is 0.328 e. The predicted octanol–water partition coefficient (Wildman–Crippen LogP) is 1.89. The van der Waals surface area contributed by atoms with Gasteiger partial charge in [0.1, 0.15) is 18.1 Å². The summed E-state index contributed by atoms with van der Waals surface area (Å²) in [6.07, 6.45) is 4.59. The number of nitrogens with zero attached hydrogens (tertiary/aromatic N) is 1. The monoisotopic (exact) mass is 605 g/mol. The van der Waals surface area contributed by atoms with Crippen LogP contribution in [0, 0.1) is 35.0 Å². The van der Waals surface area contributed by atoms with Crippen LogP contribution >= 0.6 is 0 Å². The number of primary amides is 1. The van der Waals surface area contributed by atoms with Gasteiger partial charge in [-0.05, 0) is 60.7 Å². The fourth-order valence-corrected chi connectivity index (χ4v) is 5.40. The first-order chi connectivity index (χ1) is 20.0. The summed E-state index contributed by atoms with van der Waals surface area (Å²) in [6.45, 7) is 13.7. The van der Waals surface area contributed by atoms with Gasteiger partial charge in [-0.1, -0.05) is 61.3 Å². The topological polar surface area (TPSA) is 177 Å². The molecular weight excluding hydrogens is 554 g/mol. The largest absolute Gasteiger partial charge is 0.464 e.